The molecule has 2 N–H and O–H groups in total. The molecular formula is C14H23FN2O2S2. The zero-order valence-corrected chi connectivity index (χ0v) is 14.3. The van der Waals surface area contributed by atoms with Gasteiger partial charge < -0.3 is 5.32 Å². The van der Waals surface area contributed by atoms with Crippen molar-refractivity contribution < 1.29 is 12.8 Å². The summed E-state index contributed by atoms with van der Waals surface area (Å²) in [5.41, 5.74) is 0.342. The van der Waals surface area contributed by atoms with Gasteiger partial charge in [0.15, 0.2) is 0 Å². The fourth-order valence-corrected chi connectivity index (χ4v) is 3.98. The first-order chi connectivity index (χ1) is 9.90. The molecule has 0 spiro atoms. The van der Waals surface area contributed by atoms with Gasteiger partial charge in [-0.05, 0) is 50.1 Å². The molecule has 0 bridgehead atoms. The van der Waals surface area contributed by atoms with Crippen molar-refractivity contribution in [3.05, 3.63) is 29.6 Å². The molecule has 0 aliphatic carbocycles. The smallest absolute Gasteiger partial charge is 0.240 e. The Morgan fingerprint density at radius 3 is 2.71 bits per heavy atom. The van der Waals surface area contributed by atoms with Gasteiger partial charge in [0, 0.05) is 18.2 Å². The minimum Gasteiger partial charge on any atom is -0.316 e. The lowest BCUT2D eigenvalue weighted by Crippen LogP contribution is -2.33. The van der Waals surface area contributed by atoms with Crippen LogP contribution in [0.2, 0.25) is 0 Å². The highest BCUT2D eigenvalue weighted by Crippen LogP contribution is 2.16. The van der Waals surface area contributed by atoms with Crippen LogP contribution < -0.4 is 10.0 Å². The fourth-order valence-electron chi connectivity index (χ4n) is 1.84. The van der Waals surface area contributed by atoms with Crippen LogP contribution in [0.25, 0.3) is 0 Å². The van der Waals surface area contributed by atoms with Gasteiger partial charge in [-0.1, -0.05) is 6.92 Å². The van der Waals surface area contributed by atoms with Crippen molar-refractivity contribution in [1.29, 1.82) is 0 Å². The highest BCUT2D eigenvalue weighted by molar-refractivity contribution is 7.99. The summed E-state index contributed by atoms with van der Waals surface area (Å²) in [5.74, 6) is 1.52. The second-order valence-corrected chi connectivity index (χ2v) is 7.90. The summed E-state index contributed by atoms with van der Waals surface area (Å²) >= 11 is 1.78. The molecule has 0 amide bonds. The van der Waals surface area contributed by atoms with Crippen molar-refractivity contribution in [3.63, 3.8) is 0 Å². The number of nitrogens with one attached hydrogen (secondary N) is 2. The van der Waals surface area contributed by atoms with Crippen LogP contribution in [0.5, 0.6) is 0 Å². The monoisotopic (exact) mass is 334 g/mol. The quantitative estimate of drug-likeness (QED) is 0.681. The number of hydrogen-bond donors (Lipinski definition) is 2. The van der Waals surface area contributed by atoms with E-state index in [0.717, 1.165) is 17.9 Å². The summed E-state index contributed by atoms with van der Waals surface area (Å²) < 4.78 is 40.8. The van der Waals surface area contributed by atoms with Crippen LogP contribution in [0.1, 0.15) is 25.8 Å². The molecule has 0 aliphatic heterocycles. The summed E-state index contributed by atoms with van der Waals surface area (Å²) in [5, 5.41) is 2.82. The maximum absolute atomic E-state index is 13.6. The standard InChI is InChI=1S/C14H23FN2O2S2/c1-4-20-8-7-11(2)17-21(18,19)13-5-6-14(15)12(9-13)10-16-3/h5-6,9,11,16-17H,4,7-8,10H2,1-3H3. The van der Waals surface area contributed by atoms with Crippen molar-refractivity contribution >= 4 is 21.8 Å². The largest absolute Gasteiger partial charge is 0.316 e. The summed E-state index contributed by atoms with van der Waals surface area (Å²) in [4.78, 5) is 0.101. The Kier molecular flexibility index (Phi) is 7.65. The molecule has 1 rings (SSSR count). The second kappa shape index (κ2) is 8.73. The van der Waals surface area contributed by atoms with Crippen LogP contribution >= 0.6 is 11.8 Å². The Hall–Kier alpha value is -0.630. The number of benzene rings is 1. The molecule has 7 heteroatoms. The molecule has 1 atom stereocenters. The minimum atomic E-state index is -3.61. The van der Waals surface area contributed by atoms with Crippen LogP contribution in [0, 0.1) is 5.82 Å². The molecule has 0 fully saturated rings. The molecule has 0 saturated heterocycles. The topological polar surface area (TPSA) is 58.2 Å². The van der Waals surface area contributed by atoms with Gasteiger partial charge in [-0.3, -0.25) is 0 Å². The average Bonchev–Trinajstić information content (AvgIpc) is 2.41. The van der Waals surface area contributed by atoms with Gasteiger partial charge in [0.2, 0.25) is 10.0 Å². The van der Waals surface area contributed by atoms with E-state index in [1.54, 1.807) is 18.8 Å². The first-order valence-electron chi connectivity index (χ1n) is 6.93. The third-order valence-corrected chi connectivity index (χ3v) is 5.47. The summed E-state index contributed by atoms with van der Waals surface area (Å²) in [6, 6.07) is 3.72. The third-order valence-electron chi connectivity index (χ3n) is 2.95. The highest BCUT2D eigenvalue weighted by Gasteiger charge is 2.18. The molecule has 21 heavy (non-hydrogen) atoms. The van der Waals surface area contributed by atoms with Gasteiger partial charge >= 0.3 is 0 Å². The molecule has 1 unspecified atom stereocenters. The minimum absolute atomic E-state index is 0.101. The third kappa shape index (κ3) is 5.94. The van der Waals surface area contributed by atoms with Crippen molar-refractivity contribution in [1.82, 2.24) is 10.0 Å². The molecule has 0 heterocycles. The molecule has 4 nitrogen and oxygen atoms in total. The zero-order chi connectivity index (χ0) is 15.9. The molecule has 0 saturated carbocycles. The van der Waals surface area contributed by atoms with E-state index in [4.69, 9.17) is 0 Å². The van der Waals surface area contributed by atoms with Crippen LogP contribution in [0.4, 0.5) is 4.39 Å². The highest BCUT2D eigenvalue weighted by atomic mass is 32.2. The van der Waals surface area contributed by atoms with Crippen LogP contribution in [-0.2, 0) is 16.6 Å². The number of rotatable bonds is 9. The summed E-state index contributed by atoms with van der Waals surface area (Å²) in [6.45, 7) is 4.20. The van der Waals surface area contributed by atoms with Crippen LogP contribution in [-0.4, -0.2) is 33.0 Å². The van der Waals surface area contributed by atoms with Gasteiger partial charge in [-0.2, -0.15) is 11.8 Å². The fraction of sp³-hybridized carbons (Fsp3) is 0.571. The average molecular weight is 334 g/mol. The second-order valence-electron chi connectivity index (χ2n) is 4.79. The van der Waals surface area contributed by atoms with Crippen molar-refractivity contribution in [2.45, 2.75) is 37.8 Å². The molecule has 0 aromatic heterocycles. The van der Waals surface area contributed by atoms with Gasteiger partial charge in [-0.25, -0.2) is 17.5 Å². The van der Waals surface area contributed by atoms with Crippen LogP contribution in [0.15, 0.2) is 23.1 Å². The Morgan fingerprint density at radius 2 is 2.10 bits per heavy atom. The molecular weight excluding hydrogens is 311 g/mol. The van der Waals surface area contributed by atoms with Gasteiger partial charge in [0.05, 0.1) is 4.90 Å². The molecule has 0 radical (unpaired) electrons. The summed E-state index contributed by atoms with van der Waals surface area (Å²) in [7, 11) is -1.92. The maximum atomic E-state index is 13.6. The van der Waals surface area contributed by atoms with Crippen molar-refractivity contribution in [2.75, 3.05) is 18.6 Å². The predicted molar refractivity (Wildman–Crippen MR) is 86.6 cm³/mol. The first kappa shape index (κ1) is 18.4. The van der Waals surface area contributed by atoms with E-state index in [1.165, 1.54) is 18.2 Å². The van der Waals surface area contributed by atoms with Gasteiger partial charge in [0.1, 0.15) is 5.82 Å². The molecule has 1 aromatic rings. The Bertz CT molecular complexity index is 550. The van der Waals surface area contributed by atoms with Crippen molar-refractivity contribution in [2.24, 2.45) is 0 Å². The van der Waals surface area contributed by atoms with E-state index >= 15 is 0 Å². The van der Waals surface area contributed by atoms with E-state index in [9.17, 15) is 12.8 Å². The van der Waals surface area contributed by atoms with E-state index in [0.29, 0.717) is 5.56 Å². The Labute approximate surface area is 131 Å². The Balaban J connectivity index is 2.80. The van der Waals surface area contributed by atoms with Crippen molar-refractivity contribution in [3.8, 4) is 0 Å². The lowest BCUT2D eigenvalue weighted by molar-refractivity contribution is 0.555. The number of thioether (sulfide) groups is 1. The number of sulfonamides is 1. The maximum Gasteiger partial charge on any atom is 0.240 e. The summed E-state index contributed by atoms with van der Waals surface area (Å²) in [6.07, 6.45) is 0.766. The van der Waals surface area contributed by atoms with E-state index in [-0.39, 0.29) is 17.5 Å². The lowest BCUT2D eigenvalue weighted by Gasteiger charge is -2.14. The molecule has 120 valence electrons. The molecule has 0 aliphatic rings. The van der Waals surface area contributed by atoms with Crippen LogP contribution in [0.3, 0.4) is 0 Å². The van der Waals surface area contributed by atoms with Gasteiger partial charge in [-0.15, -0.1) is 0 Å². The SMILES string of the molecule is CCSCCC(C)NS(=O)(=O)c1ccc(F)c(CNC)c1. The van der Waals surface area contributed by atoms with E-state index < -0.39 is 15.8 Å². The number of hydrogen-bond acceptors (Lipinski definition) is 4. The van der Waals surface area contributed by atoms with E-state index in [1.807, 2.05) is 6.92 Å². The van der Waals surface area contributed by atoms with E-state index in [2.05, 4.69) is 17.0 Å². The predicted octanol–water partition coefficient (Wildman–Crippen LogP) is 2.36. The lowest BCUT2D eigenvalue weighted by atomic mass is 10.2. The first-order valence-corrected chi connectivity index (χ1v) is 9.57. The van der Waals surface area contributed by atoms with Gasteiger partial charge in [0.25, 0.3) is 0 Å². The normalized spacial score (nSPS) is 13.3. The Morgan fingerprint density at radius 1 is 1.38 bits per heavy atom. The zero-order valence-electron chi connectivity index (χ0n) is 12.6. The molecule has 1 aromatic carbocycles. The number of halogens is 1.